The number of likely N-dealkylation sites (tertiary alicyclic amines) is 1. The van der Waals surface area contributed by atoms with Crippen LogP contribution in [0.2, 0.25) is 0 Å². The lowest BCUT2D eigenvalue weighted by molar-refractivity contribution is 0.356. The molecule has 1 aromatic carbocycles. The van der Waals surface area contributed by atoms with Crippen LogP contribution in [0.1, 0.15) is 12.0 Å². The summed E-state index contributed by atoms with van der Waals surface area (Å²) in [6, 6.07) is 5.13. The maximum Gasteiger partial charge on any atom is 0.243 e. The molecule has 1 saturated heterocycles. The summed E-state index contributed by atoms with van der Waals surface area (Å²) >= 11 is 9.11. The zero-order valence-electron chi connectivity index (χ0n) is 12.2. The van der Waals surface area contributed by atoms with E-state index in [1.54, 1.807) is 25.2 Å². The number of hydrogen-bond acceptors (Lipinski definition) is 3. The van der Waals surface area contributed by atoms with Gasteiger partial charge >= 0.3 is 0 Å². The fraction of sp³-hybridized carbons (Fsp3) is 0.571. The first-order valence-corrected chi connectivity index (χ1v) is 9.60. The second-order valence-electron chi connectivity index (χ2n) is 5.60. The van der Waals surface area contributed by atoms with Crippen molar-refractivity contribution in [3.05, 3.63) is 28.2 Å². The predicted molar refractivity (Wildman–Crippen MR) is 89.1 cm³/mol. The molecule has 0 amide bonds. The van der Waals surface area contributed by atoms with E-state index in [0.717, 1.165) is 25.1 Å². The second-order valence-corrected chi connectivity index (χ2v) is 8.74. The molecule has 0 aromatic heterocycles. The predicted octanol–water partition coefficient (Wildman–Crippen LogP) is 2.76. The van der Waals surface area contributed by atoms with Gasteiger partial charge in [-0.15, -0.1) is 11.6 Å². The molecule has 0 bridgehead atoms. The molecule has 21 heavy (non-hydrogen) atoms. The van der Waals surface area contributed by atoms with Crippen molar-refractivity contribution in [3.8, 4) is 0 Å². The summed E-state index contributed by atoms with van der Waals surface area (Å²) in [5.41, 5.74) is 0.891. The van der Waals surface area contributed by atoms with Gasteiger partial charge in [-0.1, -0.05) is 6.07 Å². The van der Waals surface area contributed by atoms with Crippen LogP contribution in [0.5, 0.6) is 0 Å². The highest BCUT2D eigenvalue weighted by Gasteiger charge is 2.28. The molecule has 1 unspecified atom stereocenters. The zero-order chi connectivity index (χ0) is 15.6. The minimum absolute atomic E-state index is 0.296. The summed E-state index contributed by atoms with van der Waals surface area (Å²) in [5.74, 6) is 0.763. The lowest BCUT2D eigenvalue weighted by Crippen LogP contribution is -2.33. The molecule has 0 N–H and O–H groups in total. The van der Waals surface area contributed by atoms with Crippen molar-refractivity contribution in [2.45, 2.75) is 17.2 Å². The van der Waals surface area contributed by atoms with E-state index in [-0.39, 0.29) is 0 Å². The highest BCUT2D eigenvalue weighted by atomic mass is 79.9. The fourth-order valence-corrected chi connectivity index (χ4v) is 5.14. The van der Waals surface area contributed by atoms with Crippen LogP contribution in [0.15, 0.2) is 27.6 Å². The second kappa shape index (κ2) is 6.96. The lowest BCUT2D eigenvalue weighted by Gasteiger charge is -2.21. The summed E-state index contributed by atoms with van der Waals surface area (Å²) in [5, 5.41) is 0. The van der Waals surface area contributed by atoms with Crippen molar-refractivity contribution < 1.29 is 8.42 Å². The van der Waals surface area contributed by atoms with Gasteiger partial charge in [0.2, 0.25) is 10.0 Å². The minimum atomic E-state index is -3.47. The van der Waals surface area contributed by atoms with E-state index in [4.69, 9.17) is 11.6 Å². The number of hydrogen-bond donors (Lipinski definition) is 0. The first-order chi connectivity index (χ1) is 9.84. The molecule has 1 fully saturated rings. The van der Waals surface area contributed by atoms with Crippen LogP contribution < -0.4 is 0 Å². The number of alkyl halides is 1. The largest absolute Gasteiger partial charge is 0.306 e. The fourth-order valence-electron chi connectivity index (χ4n) is 2.64. The number of sulfonamides is 1. The maximum atomic E-state index is 12.7. The van der Waals surface area contributed by atoms with Gasteiger partial charge in [-0.2, -0.15) is 0 Å². The minimum Gasteiger partial charge on any atom is -0.306 e. The van der Waals surface area contributed by atoms with E-state index in [1.165, 1.54) is 4.31 Å². The van der Waals surface area contributed by atoms with Gasteiger partial charge in [0.05, 0.1) is 4.90 Å². The van der Waals surface area contributed by atoms with Crippen molar-refractivity contribution in [1.82, 2.24) is 9.21 Å². The number of rotatable bonds is 5. The van der Waals surface area contributed by atoms with Gasteiger partial charge in [0.1, 0.15) is 0 Å². The smallest absolute Gasteiger partial charge is 0.243 e. The van der Waals surface area contributed by atoms with Gasteiger partial charge < -0.3 is 4.90 Å². The molecule has 7 heteroatoms. The third-order valence-electron chi connectivity index (χ3n) is 3.84. The lowest BCUT2D eigenvalue weighted by atomic mass is 10.1. The van der Waals surface area contributed by atoms with Crippen molar-refractivity contribution in [2.75, 3.05) is 33.7 Å². The van der Waals surface area contributed by atoms with E-state index < -0.39 is 10.0 Å². The van der Waals surface area contributed by atoms with E-state index >= 15 is 0 Å². The highest BCUT2D eigenvalue weighted by Crippen LogP contribution is 2.27. The normalized spacial score (nSPS) is 20.3. The first-order valence-electron chi connectivity index (χ1n) is 6.84. The molecule has 0 aliphatic carbocycles. The number of halogens is 2. The summed E-state index contributed by atoms with van der Waals surface area (Å²) < 4.78 is 27.4. The molecule has 1 aliphatic rings. The van der Waals surface area contributed by atoms with Crippen LogP contribution in [-0.2, 0) is 15.9 Å². The molecule has 0 spiro atoms. The Kier molecular flexibility index (Phi) is 5.71. The Bertz CT molecular complexity index is 609. The Morgan fingerprint density at radius 2 is 2.19 bits per heavy atom. The number of benzene rings is 1. The Labute approximate surface area is 140 Å². The standard InChI is InChI=1S/C14H20BrClN2O2S/c1-17-6-5-12(9-17)10-18(2)21(19,20)14-4-3-11(8-16)7-13(14)15/h3-4,7,12H,5-6,8-10H2,1-2H3. The average Bonchev–Trinajstić information content (AvgIpc) is 2.83. The van der Waals surface area contributed by atoms with Gasteiger partial charge in [0, 0.05) is 30.5 Å². The van der Waals surface area contributed by atoms with Crippen LogP contribution in [0.3, 0.4) is 0 Å². The molecule has 4 nitrogen and oxygen atoms in total. The van der Waals surface area contributed by atoms with Crippen molar-refractivity contribution in [1.29, 1.82) is 0 Å². The first kappa shape index (κ1) is 17.2. The Balaban J connectivity index is 2.17. The van der Waals surface area contributed by atoms with Gasteiger partial charge in [0.25, 0.3) is 0 Å². The average molecular weight is 396 g/mol. The molecule has 1 heterocycles. The molecular weight excluding hydrogens is 376 g/mol. The van der Waals surface area contributed by atoms with Gasteiger partial charge in [-0.05, 0) is 59.6 Å². The quantitative estimate of drug-likeness (QED) is 0.720. The number of nitrogens with zero attached hydrogens (tertiary/aromatic N) is 2. The van der Waals surface area contributed by atoms with E-state index in [0.29, 0.717) is 27.7 Å². The van der Waals surface area contributed by atoms with Crippen molar-refractivity contribution >= 4 is 37.6 Å². The molecule has 1 atom stereocenters. The third kappa shape index (κ3) is 3.99. The van der Waals surface area contributed by atoms with Gasteiger partial charge in [-0.3, -0.25) is 0 Å². The molecule has 1 aliphatic heterocycles. The van der Waals surface area contributed by atoms with Crippen LogP contribution in [-0.4, -0.2) is 51.4 Å². The Hall–Kier alpha value is -0.140. The van der Waals surface area contributed by atoms with Crippen molar-refractivity contribution in [2.24, 2.45) is 5.92 Å². The van der Waals surface area contributed by atoms with Gasteiger partial charge in [0.15, 0.2) is 0 Å². The van der Waals surface area contributed by atoms with Crippen LogP contribution >= 0.6 is 27.5 Å². The Morgan fingerprint density at radius 1 is 1.48 bits per heavy atom. The van der Waals surface area contributed by atoms with E-state index in [2.05, 4.69) is 27.9 Å². The summed E-state index contributed by atoms with van der Waals surface area (Å²) in [4.78, 5) is 2.53. The third-order valence-corrected chi connectivity index (χ3v) is 6.95. The zero-order valence-corrected chi connectivity index (χ0v) is 15.4. The SMILES string of the molecule is CN1CCC(CN(C)S(=O)(=O)c2ccc(CCl)cc2Br)C1. The monoisotopic (exact) mass is 394 g/mol. The molecule has 118 valence electrons. The van der Waals surface area contributed by atoms with E-state index in [9.17, 15) is 8.42 Å². The molecule has 0 saturated carbocycles. The van der Waals surface area contributed by atoms with Crippen molar-refractivity contribution in [3.63, 3.8) is 0 Å². The molecule has 1 aromatic rings. The molecule has 0 radical (unpaired) electrons. The van der Waals surface area contributed by atoms with E-state index in [1.807, 2.05) is 0 Å². The van der Waals surface area contributed by atoms with Crippen LogP contribution in [0.4, 0.5) is 0 Å². The summed E-state index contributed by atoms with van der Waals surface area (Å²) in [6.07, 6.45) is 1.04. The summed E-state index contributed by atoms with van der Waals surface area (Å²) in [6.45, 7) is 2.54. The highest BCUT2D eigenvalue weighted by molar-refractivity contribution is 9.10. The topological polar surface area (TPSA) is 40.6 Å². The molecule has 2 rings (SSSR count). The van der Waals surface area contributed by atoms with Crippen LogP contribution in [0.25, 0.3) is 0 Å². The van der Waals surface area contributed by atoms with Gasteiger partial charge in [-0.25, -0.2) is 12.7 Å². The Morgan fingerprint density at radius 3 is 2.71 bits per heavy atom. The van der Waals surface area contributed by atoms with Crippen LogP contribution in [0, 0.1) is 5.92 Å². The summed E-state index contributed by atoms with van der Waals surface area (Å²) in [7, 11) is 0.239. The maximum absolute atomic E-state index is 12.7. The molecular formula is C14H20BrClN2O2S.